The van der Waals surface area contributed by atoms with E-state index in [1.165, 1.54) is 10.9 Å². The van der Waals surface area contributed by atoms with Crippen LogP contribution in [0.4, 0.5) is 0 Å². The molecule has 0 unspecified atom stereocenters. The van der Waals surface area contributed by atoms with Crippen molar-refractivity contribution in [2.45, 2.75) is 19.3 Å². The largest absolute Gasteiger partial charge is 0.481 e. The van der Waals surface area contributed by atoms with Crippen molar-refractivity contribution < 1.29 is 14.7 Å². The molecule has 2 aromatic heterocycles. The minimum absolute atomic E-state index is 0.0467. The van der Waals surface area contributed by atoms with Crippen molar-refractivity contribution >= 4 is 11.9 Å². The number of hydrogen-bond acceptors (Lipinski definition) is 5. The maximum atomic E-state index is 12.8. The van der Waals surface area contributed by atoms with E-state index in [9.17, 15) is 14.7 Å². The minimum atomic E-state index is -0.783. The van der Waals surface area contributed by atoms with E-state index in [2.05, 4.69) is 15.3 Å². The summed E-state index contributed by atoms with van der Waals surface area (Å²) in [6.45, 7) is 0.776. The molecule has 1 amide bonds. The van der Waals surface area contributed by atoms with Crippen molar-refractivity contribution in [3.63, 3.8) is 0 Å². The van der Waals surface area contributed by atoms with Gasteiger partial charge >= 0.3 is 5.97 Å². The van der Waals surface area contributed by atoms with Crippen LogP contribution in [0.5, 0.6) is 0 Å². The molecule has 2 aliphatic rings. The van der Waals surface area contributed by atoms with Crippen LogP contribution >= 0.6 is 0 Å². The first kappa shape index (κ1) is 14.8. The van der Waals surface area contributed by atoms with Crippen molar-refractivity contribution in [2.75, 3.05) is 13.1 Å². The number of hydrogen-bond donors (Lipinski definition) is 1. The number of fused-ring (bicyclic) bond motifs is 1. The van der Waals surface area contributed by atoms with Crippen molar-refractivity contribution in [3.05, 3.63) is 36.4 Å². The van der Waals surface area contributed by atoms with Crippen LogP contribution in [0.25, 0.3) is 5.69 Å². The molecular weight excluding hydrogens is 310 g/mol. The molecule has 0 aromatic carbocycles. The summed E-state index contributed by atoms with van der Waals surface area (Å²) >= 11 is 0. The van der Waals surface area contributed by atoms with Crippen LogP contribution in [0.2, 0.25) is 0 Å². The van der Waals surface area contributed by atoms with Gasteiger partial charge in [-0.05, 0) is 24.8 Å². The number of likely N-dealkylation sites (tertiary alicyclic amines) is 1. The quantitative estimate of drug-likeness (QED) is 0.902. The molecule has 124 valence electrons. The molecule has 0 spiro atoms. The zero-order chi connectivity index (χ0) is 16.7. The third-order valence-corrected chi connectivity index (χ3v) is 5.24. The predicted molar refractivity (Wildman–Crippen MR) is 82.5 cm³/mol. The van der Waals surface area contributed by atoms with Crippen molar-refractivity contribution in [1.82, 2.24) is 24.9 Å². The Morgan fingerprint density at radius 3 is 2.92 bits per heavy atom. The molecule has 8 nitrogen and oxygen atoms in total. The molecule has 1 saturated heterocycles. The SMILES string of the molecule is O=C(c1cncc(-n2ccnn2)c1)N1C[C@@H]2CCC[C@@]2(C(=O)O)C1. The van der Waals surface area contributed by atoms with E-state index in [1.54, 1.807) is 29.6 Å². The summed E-state index contributed by atoms with van der Waals surface area (Å²) in [6, 6.07) is 1.70. The van der Waals surface area contributed by atoms with Gasteiger partial charge in [-0.2, -0.15) is 0 Å². The highest BCUT2D eigenvalue weighted by Crippen LogP contribution is 2.49. The molecule has 24 heavy (non-hydrogen) atoms. The van der Waals surface area contributed by atoms with Crippen LogP contribution in [-0.4, -0.2) is 55.0 Å². The molecule has 2 aromatic rings. The smallest absolute Gasteiger partial charge is 0.311 e. The van der Waals surface area contributed by atoms with Crippen molar-refractivity contribution in [3.8, 4) is 5.69 Å². The Morgan fingerprint density at radius 1 is 1.33 bits per heavy atom. The highest BCUT2D eigenvalue weighted by molar-refractivity contribution is 5.95. The first-order chi connectivity index (χ1) is 11.6. The van der Waals surface area contributed by atoms with Crippen LogP contribution < -0.4 is 0 Å². The number of carboxylic acids is 1. The summed E-state index contributed by atoms with van der Waals surface area (Å²) in [4.78, 5) is 30.3. The Hall–Kier alpha value is -2.77. The number of carbonyl (C=O) groups excluding carboxylic acids is 1. The number of pyridine rings is 1. The summed E-state index contributed by atoms with van der Waals surface area (Å²) in [7, 11) is 0. The zero-order valence-corrected chi connectivity index (χ0v) is 13.0. The maximum Gasteiger partial charge on any atom is 0.311 e. The molecule has 4 rings (SSSR count). The maximum absolute atomic E-state index is 12.8. The lowest BCUT2D eigenvalue weighted by Crippen LogP contribution is -2.37. The summed E-state index contributed by atoms with van der Waals surface area (Å²) in [5.74, 6) is -0.917. The average Bonchev–Trinajstić information content (AvgIpc) is 3.29. The van der Waals surface area contributed by atoms with Gasteiger partial charge in [-0.15, -0.1) is 5.10 Å². The molecule has 1 aliphatic heterocycles. The molecule has 0 bridgehead atoms. The van der Waals surface area contributed by atoms with Gasteiger partial charge < -0.3 is 10.0 Å². The monoisotopic (exact) mass is 327 g/mol. The summed E-state index contributed by atoms with van der Waals surface area (Å²) < 4.78 is 1.53. The van der Waals surface area contributed by atoms with Gasteiger partial charge in [0.1, 0.15) is 0 Å². The van der Waals surface area contributed by atoms with Crippen LogP contribution in [0.15, 0.2) is 30.9 Å². The van der Waals surface area contributed by atoms with Gasteiger partial charge in [0.25, 0.3) is 5.91 Å². The van der Waals surface area contributed by atoms with Crippen LogP contribution in [0.1, 0.15) is 29.6 Å². The highest BCUT2D eigenvalue weighted by atomic mass is 16.4. The zero-order valence-electron chi connectivity index (χ0n) is 13.0. The third-order valence-electron chi connectivity index (χ3n) is 5.24. The van der Waals surface area contributed by atoms with E-state index in [-0.39, 0.29) is 18.4 Å². The molecule has 1 saturated carbocycles. The van der Waals surface area contributed by atoms with Crippen LogP contribution in [0, 0.1) is 11.3 Å². The second-order valence-corrected chi connectivity index (χ2v) is 6.52. The van der Waals surface area contributed by atoms with Crippen LogP contribution in [-0.2, 0) is 4.79 Å². The first-order valence-corrected chi connectivity index (χ1v) is 7.94. The van der Waals surface area contributed by atoms with E-state index in [0.29, 0.717) is 24.2 Å². The Balaban J connectivity index is 1.59. The summed E-state index contributed by atoms with van der Waals surface area (Å²) in [5, 5.41) is 17.3. The van der Waals surface area contributed by atoms with Gasteiger partial charge in [-0.1, -0.05) is 11.6 Å². The van der Waals surface area contributed by atoms with Crippen LogP contribution in [0.3, 0.4) is 0 Å². The molecule has 1 aliphatic carbocycles. The molecule has 0 radical (unpaired) electrons. The number of rotatable bonds is 3. The van der Waals surface area contributed by atoms with Crippen molar-refractivity contribution in [2.24, 2.45) is 11.3 Å². The number of nitrogens with zero attached hydrogens (tertiary/aromatic N) is 5. The number of carbonyl (C=O) groups is 2. The second-order valence-electron chi connectivity index (χ2n) is 6.52. The number of amides is 1. The molecule has 2 atom stereocenters. The number of aromatic nitrogens is 4. The molecule has 3 heterocycles. The molecular formula is C16H17N5O3. The van der Waals surface area contributed by atoms with Gasteiger partial charge in [0, 0.05) is 19.3 Å². The Kier molecular flexibility index (Phi) is 3.33. The fraction of sp³-hybridized carbons (Fsp3) is 0.438. The number of aliphatic carboxylic acids is 1. The van der Waals surface area contributed by atoms with E-state index < -0.39 is 11.4 Å². The fourth-order valence-electron chi connectivity index (χ4n) is 3.99. The van der Waals surface area contributed by atoms with E-state index in [1.807, 2.05) is 0 Å². The summed E-state index contributed by atoms with van der Waals surface area (Å²) in [6.07, 6.45) is 8.76. The molecule has 2 fully saturated rings. The highest BCUT2D eigenvalue weighted by Gasteiger charge is 2.55. The average molecular weight is 327 g/mol. The molecule has 1 N–H and O–H groups in total. The van der Waals surface area contributed by atoms with Gasteiger partial charge in [-0.3, -0.25) is 14.6 Å². The van der Waals surface area contributed by atoms with Gasteiger partial charge in [-0.25, -0.2) is 4.68 Å². The first-order valence-electron chi connectivity index (χ1n) is 7.94. The van der Waals surface area contributed by atoms with E-state index in [0.717, 1.165) is 12.8 Å². The topological polar surface area (TPSA) is 101 Å². The Labute approximate surface area is 138 Å². The van der Waals surface area contributed by atoms with E-state index >= 15 is 0 Å². The van der Waals surface area contributed by atoms with Gasteiger partial charge in [0.2, 0.25) is 0 Å². The standard InChI is InChI=1S/C16H17N5O3/c22-14(11-6-13(8-17-7-11)21-5-4-18-19-21)20-9-12-2-1-3-16(12,10-20)15(23)24/h4-8,12H,1-3,9-10H2,(H,23,24)/t12-,16+/m0/s1. The minimum Gasteiger partial charge on any atom is -0.481 e. The third kappa shape index (κ3) is 2.17. The Bertz CT molecular complexity index is 791. The molecule has 8 heteroatoms. The number of carboxylic acid groups (broad SMARTS) is 1. The Morgan fingerprint density at radius 2 is 2.21 bits per heavy atom. The van der Waals surface area contributed by atoms with E-state index in [4.69, 9.17) is 0 Å². The summed E-state index contributed by atoms with van der Waals surface area (Å²) in [5.41, 5.74) is 0.307. The predicted octanol–water partition coefficient (Wildman–Crippen LogP) is 0.989. The normalized spacial score (nSPS) is 25.7. The lowest BCUT2D eigenvalue weighted by molar-refractivity contribution is -0.149. The fourth-order valence-corrected chi connectivity index (χ4v) is 3.99. The second kappa shape index (κ2) is 5.40. The lowest BCUT2D eigenvalue weighted by Gasteiger charge is -2.23. The van der Waals surface area contributed by atoms with Gasteiger partial charge in [0.15, 0.2) is 0 Å². The van der Waals surface area contributed by atoms with Gasteiger partial charge in [0.05, 0.1) is 35.3 Å². The lowest BCUT2D eigenvalue weighted by atomic mass is 9.81. The van der Waals surface area contributed by atoms with Crippen molar-refractivity contribution in [1.29, 1.82) is 0 Å².